The molecule has 0 fully saturated rings. The van der Waals surface area contributed by atoms with Crippen molar-refractivity contribution in [2.75, 3.05) is 9.80 Å². The maximum atomic E-state index is 6.95. The molecule has 0 spiro atoms. The third kappa shape index (κ3) is 5.51. The number of hydrogen-bond acceptors (Lipinski definition) is 3. The fourth-order valence-corrected chi connectivity index (χ4v) is 9.19. The van der Waals surface area contributed by atoms with E-state index in [0.717, 1.165) is 67.3 Å². The van der Waals surface area contributed by atoms with Crippen LogP contribution in [0.4, 0.5) is 34.1 Å². The van der Waals surface area contributed by atoms with Crippen molar-refractivity contribution in [3.05, 3.63) is 218 Å². The summed E-state index contributed by atoms with van der Waals surface area (Å²) in [6.45, 7) is 0. The first-order chi connectivity index (χ1) is 29.2. The largest absolute Gasteiger partial charge is 0.456 e. The van der Waals surface area contributed by atoms with Crippen LogP contribution in [0, 0.1) is 0 Å². The lowest BCUT2D eigenvalue weighted by molar-refractivity contribution is 0.493. The van der Waals surface area contributed by atoms with Gasteiger partial charge in [0.2, 0.25) is 0 Å². The lowest BCUT2D eigenvalue weighted by atomic mass is 9.88. The Bertz CT molecular complexity index is 3410. The van der Waals surface area contributed by atoms with Gasteiger partial charge >= 0.3 is 0 Å². The minimum absolute atomic E-state index is 0.872. The molecule has 0 unspecified atom stereocenters. The van der Waals surface area contributed by atoms with Crippen molar-refractivity contribution in [1.82, 2.24) is 0 Å². The Balaban J connectivity index is 0.986. The second kappa shape index (κ2) is 13.4. The first kappa shape index (κ1) is 33.3. The van der Waals surface area contributed by atoms with Crippen LogP contribution < -0.4 is 14.5 Å². The topological polar surface area (TPSA) is 15.7 Å². The van der Waals surface area contributed by atoms with Gasteiger partial charge in [-0.2, -0.15) is 0 Å². The summed E-state index contributed by atoms with van der Waals surface area (Å²) in [5, 5.41) is 12.0. The van der Waals surface area contributed by atoms with Gasteiger partial charge in [0, 0.05) is 50.7 Å². The van der Waals surface area contributed by atoms with E-state index in [9.17, 15) is 0 Å². The van der Waals surface area contributed by atoms with Crippen LogP contribution in [0.2, 0.25) is 0 Å². The summed E-state index contributed by atoms with van der Waals surface area (Å²) >= 11 is 0. The van der Waals surface area contributed by atoms with E-state index in [4.69, 9.17) is 4.74 Å². The average molecular weight is 753 g/mol. The molecule has 0 radical (unpaired) electrons. The quantitative estimate of drug-likeness (QED) is 0.151. The maximum Gasteiger partial charge on any atom is 0.138 e. The van der Waals surface area contributed by atoms with Crippen LogP contribution in [0.5, 0.6) is 11.5 Å². The van der Waals surface area contributed by atoms with E-state index in [2.05, 4.69) is 228 Å². The smallest absolute Gasteiger partial charge is 0.138 e. The number of para-hydroxylation sites is 2. The molecule has 12 rings (SSSR count). The SMILES string of the molecule is c1ccc(N(c2ccc(-c3cc4ccc5cc(N(c6ccccc6)c6ccc7ccccc7c6)cc6c5c4c4c(cccc34)O6)cc2)c2ccc3ccccc3c2)cc1. The van der Waals surface area contributed by atoms with E-state index in [1.54, 1.807) is 0 Å². The minimum atomic E-state index is 0.872. The van der Waals surface area contributed by atoms with Crippen molar-refractivity contribution in [3.8, 4) is 22.6 Å². The van der Waals surface area contributed by atoms with Crippen LogP contribution in [0.1, 0.15) is 0 Å². The van der Waals surface area contributed by atoms with Crippen LogP contribution in [0.15, 0.2) is 218 Å². The lowest BCUT2D eigenvalue weighted by Crippen LogP contribution is -2.10. The average Bonchev–Trinajstić information content (AvgIpc) is 3.30. The van der Waals surface area contributed by atoms with Crippen molar-refractivity contribution in [2.45, 2.75) is 0 Å². The standard InChI is InChI=1S/C56H36N2O/c1-3-16-44(17-4-1)57(47-30-24-37-12-7-9-14-40(37)32-47)46-28-26-39(27-29-46)51-35-43-23-22-42-34-49(36-53-54(42)55(43)56-50(51)20-11-21-52(56)59-53)58(45-18-5-2-6-19-45)48-31-25-38-13-8-10-15-41(38)33-48/h1-36H. The van der Waals surface area contributed by atoms with Gasteiger partial charge in [0.25, 0.3) is 0 Å². The second-order valence-electron chi connectivity index (χ2n) is 15.4. The number of nitrogens with zero attached hydrogens (tertiary/aromatic N) is 2. The first-order valence-electron chi connectivity index (χ1n) is 20.2. The molecular weight excluding hydrogens is 717 g/mol. The number of benzene rings is 11. The Morgan fingerprint density at radius 1 is 0.271 bits per heavy atom. The number of hydrogen-bond donors (Lipinski definition) is 0. The molecule has 3 nitrogen and oxygen atoms in total. The van der Waals surface area contributed by atoms with E-state index >= 15 is 0 Å². The molecule has 0 atom stereocenters. The lowest BCUT2D eigenvalue weighted by Gasteiger charge is -2.28. The Kier molecular flexibility index (Phi) is 7.54. The zero-order valence-electron chi connectivity index (χ0n) is 32.1. The van der Waals surface area contributed by atoms with E-state index in [0.29, 0.717) is 0 Å². The fraction of sp³-hybridized carbons (Fsp3) is 0. The number of fused-ring (bicyclic) bond motifs is 2. The van der Waals surface area contributed by atoms with Crippen molar-refractivity contribution in [1.29, 1.82) is 0 Å². The third-order valence-electron chi connectivity index (χ3n) is 11.9. The molecular formula is C56H36N2O. The Hall–Kier alpha value is -7.88. The first-order valence-corrected chi connectivity index (χ1v) is 20.2. The predicted octanol–water partition coefficient (Wildman–Crippen LogP) is 16.2. The molecule has 276 valence electrons. The summed E-state index contributed by atoms with van der Waals surface area (Å²) < 4.78 is 6.95. The van der Waals surface area contributed by atoms with Gasteiger partial charge in [-0.25, -0.2) is 0 Å². The molecule has 3 heteroatoms. The Labute approximate surface area is 342 Å². The Morgan fingerprint density at radius 3 is 1.39 bits per heavy atom. The highest BCUT2D eigenvalue weighted by Gasteiger charge is 2.24. The highest BCUT2D eigenvalue weighted by molar-refractivity contribution is 6.28. The number of anilines is 6. The summed E-state index contributed by atoms with van der Waals surface area (Å²) in [5.41, 5.74) is 8.93. The molecule has 0 bridgehead atoms. The van der Waals surface area contributed by atoms with Crippen LogP contribution >= 0.6 is 0 Å². The van der Waals surface area contributed by atoms with Gasteiger partial charge in [-0.3, -0.25) is 0 Å². The normalized spacial score (nSPS) is 11.9. The molecule has 11 aromatic carbocycles. The molecule has 1 heterocycles. The molecule has 0 aliphatic carbocycles. The van der Waals surface area contributed by atoms with Crippen molar-refractivity contribution < 1.29 is 4.74 Å². The predicted molar refractivity (Wildman–Crippen MR) is 249 cm³/mol. The highest BCUT2D eigenvalue weighted by Crippen LogP contribution is 2.52. The fourth-order valence-electron chi connectivity index (χ4n) is 9.19. The summed E-state index contributed by atoms with van der Waals surface area (Å²) in [4.78, 5) is 4.66. The van der Waals surface area contributed by atoms with Gasteiger partial charge in [-0.1, -0.05) is 133 Å². The van der Waals surface area contributed by atoms with Crippen LogP contribution in [-0.2, 0) is 0 Å². The van der Waals surface area contributed by atoms with Crippen molar-refractivity contribution in [2.24, 2.45) is 0 Å². The van der Waals surface area contributed by atoms with E-state index in [-0.39, 0.29) is 0 Å². The van der Waals surface area contributed by atoms with Gasteiger partial charge in [0.15, 0.2) is 0 Å². The molecule has 0 amide bonds. The molecule has 11 aromatic rings. The summed E-state index contributed by atoms with van der Waals surface area (Å²) in [7, 11) is 0. The van der Waals surface area contributed by atoms with Crippen molar-refractivity contribution in [3.63, 3.8) is 0 Å². The summed E-state index contributed by atoms with van der Waals surface area (Å²) in [5.74, 6) is 1.75. The molecule has 1 aliphatic rings. The van der Waals surface area contributed by atoms with E-state index < -0.39 is 0 Å². The van der Waals surface area contributed by atoms with Gasteiger partial charge < -0.3 is 14.5 Å². The highest BCUT2D eigenvalue weighted by atomic mass is 16.5. The van der Waals surface area contributed by atoms with Crippen LogP contribution in [0.25, 0.3) is 65.0 Å². The van der Waals surface area contributed by atoms with Crippen LogP contribution in [0.3, 0.4) is 0 Å². The molecule has 0 saturated heterocycles. The molecule has 0 N–H and O–H groups in total. The molecule has 1 aliphatic heterocycles. The summed E-state index contributed by atoms with van der Waals surface area (Å²) in [6.07, 6.45) is 0. The Morgan fingerprint density at radius 2 is 0.763 bits per heavy atom. The van der Waals surface area contributed by atoms with E-state index in [1.807, 2.05) is 0 Å². The molecule has 59 heavy (non-hydrogen) atoms. The molecule has 0 aromatic heterocycles. The van der Waals surface area contributed by atoms with Gasteiger partial charge in [-0.15, -0.1) is 0 Å². The van der Waals surface area contributed by atoms with E-state index in [1.165, 1.54) is 43.3 Å². The third-order valence-corrected chi connectivity index (χ3v) is 11.9. The maximum absolute atomic E-state index is 6.95. The zero-order valence-corrected chi connectivity index (χ0v) is 32.1. The van der Waals surface area contributed by atoms with Crippen LogP contribution in [-0.4, -0.2) is 0 Å². The number of ether oxygens (including phenoxy) is 1. The molecule has 0 saturated carbocycles. The minimum Gasteiger partial charge on any atom is -0.456 e. The second-order valence-corrected chi connectivity index (χ2v) is 15.4. The van der Waals surface area contributed by atoms with Gasteiger partial charge in [0.1, 0.15) is 11.5 Å². The van der Waals surface area contributed by atoms with Crippen molar-refractivity contribution >= 4 is 88.0 Å². The van der Waals surface area contributed by atoms with Gasteiger partial charge in [-0.05, 0) is 128 Å². The zero-order chi connectivity index (χ0) is 38.9. The summed E-state index contributed by atoms with van der Waals surface area (Å²) in [6, 6.07) is 78.6. The van der Waals surface area contributed by atoms with Gasteiger partial charge in [0.05, 0.1) is 5.69 Å². The monoisotopic (exact) mass is 752 g/mol. The number of rotatable bonds is 7.